The number of carbonyl (C=O) groups excluding carboxylic acids is 1. The van der Waals surface area contributed by atoms with Gasteiger partial charge in [0.2, 0.25) is 5.91 Å². The Balaban J connectivity index is 2.50. The molecule has 1 amide bonds. The normalized spacial score (nSPS) is 10.0. The lowest BCUT2D eigenvalue weighted by molar-refractivity contribution is -0.119. The molecule has 0 saturated carbocycles. The van der Waals surface area contributed by atoms with Crippen LogP contribution in [0.4, 0.5) is 5.69 Å². The minimum Gasteiger partial charge on any atom is -0.491 e. The van der Waals surface area contributed by atoms with E-state index in [1.54, 1.807) is 19.2 Å². The molecule has 0 bridgehead atoms. The summed E-state index contributed by atoms with van der Waals surface area (Å²) in [5.41, 5.74) is 0.682. The summed E-state index contributed by atoms with van der Waals surface area (Å²) in [6.07, 6.45) is 0. The van der Waals surface area contributed by atoms with Gasteiger partial charge in [-0.1, -0.05) is 6.07 Å². The maximum Gasteiger partial charge on any atom is 0.250 e. The Hall–Kier alpha value is -1.59. The molecule has 1 aromatic carbocycles. The van der Waals surface area contributed by atoms with Crippen LogP contribution in [0.3, 0.4) is 0 Å². The molecule has 0 fully saturated rings. The zero-order valence-corrected chi connectivity index (χ0v) is 10.1. The van der Waals surface area contributed by atoms with Crippen molar-refractivity contribution in [1.29, 1.82) is 0 Å². The summed E-state index contributed by atoms with van der Waals surface area (Å²) in [4.78, 5) is 11.3. The van der Waals surface area contributed by atoms with Crippen LogP contribution in [-0.2, 0) is 14.3 Å². The van der Waals surface area contributed by atoms with Gasteiger partial charge in [0.25, 0.3) is 0 Å². The number of hydrogen-bond acceptors (Lipinski definition) is 4. The first kappa shape index (κ1) is 13.5. The highest BCUT2D eigenvalue weighted by Crippen LogP contribution is 2.17. The summed E-state index contributed by atoms with van der Waals surface area (Å²) in [5, 5.41) is 2.70. The standard InChI is InChI=1S/C12H17NO4/c1-15-6-7-17-11-5-3-4-10(8-11)13-12(14)9-16-2/h3-5,8H,6-7,9H2,1-2H3,(H,13,14). The average Bonchev–Trinajstić information content (AvgIpc) is 2.30. The van der Waals surface area contributed by atoms with Crippen molar-refractivity contribution in [3.8, 4) is 5.75 Å². The minimum absolute atomic E-state index is 0.0365. The molecule has 0 spiro atoms. The molecule has 5 nitrogen and oxygen atoms in total. The highest BCUT2D eigenvalue weighted by Gasteiger charge is 2.02. The second kappa shape index (κ2) is 7.65. The van der Waals surface area contributed by atoms with E-state index in [9.17, 15) is 4.79 Å². The van der Waals surface area contributed by atoms with Crippen LogP contribution in [0.1, 0.15) is 0 Å². The van der Waals surface area contributed by atoms with Gasteiger partial charge in [-0.25, -0.2) is 0 Å². The predicted molar refractivity (Wildman–Crippen MR) is 64.3 cm³/mol. The molecular formula is C12H17NO4. The fraction of sp³-hybridized carbons (Fsp3) is 0.417. The third-order valence-electron chi connectivity index (χ3n) is 1.95. The molecule has 5 heteroatoms. The lowest BCUT2D eigenvalue weighted by atomic mass is 10.3. The van der Waals surface area contributed by atoms with Gasteiger partial charge in [0.1, 0.15) is 19.0 Å². The van der Waals surface area contributed by atoms with Gasteiger partial charge in [0, 0.05) is 26.0 Å². The molecule has 94 valence electrons. The Morgan fingerprint density at radius 2 is 2.06 bits per heavy atom. The van der Waals surface area contributed by atoms with E-state index in [2.05, 4.69) is 5.32 Å². The van der Waals surface area contributed by atoms with Gasteiger partial charge in [-0.15, -0.1) is 0 Å². The summed E-state index contributed by atoms with van der Waals surface area (Å²) in [6.45, 7) is 1.04. The maximum atomic E-state index is 11.3. The number of ether oxygens (including phenoxy) is 3. The molecule has 0 aliphatic heterocycles. The minimum atomic E-state index is -0.193. The van der Waals surface area contributed by atoms with Gasteiger partial charge in [0.05, 0.1) is 6.61 Å². The molecule has 0 atom stereocenters. The van der Waals surface area contributed by atoms with Crippen LogP contribution in [0, 0.1) is 0 Å². The number of rotatable bonds is 7. The first-order chi connectivity index (χ1) is 8.26. The Morgan fingerprint density at radius 1 is 1.24 bits per heavy atom. The van der Waals surface area contributed by atoms with Crippen molar-refractivity contribution >= 4 is 11.6 Å². The second-order valence-electron chi connectivity index (χ2n) is 3.35. The molecule has 1 rings (SSSR count). The van der Waals surface area contributed by atoms with E-state index in [4.69, 9.17) is 14.2 Å². The fourth-order valence-corrected chi connectivity index (χ4v) is 1.23. The van der Waals surface area contributed by atoms with Gasteiger partial charge < -0.3 is 19.5 Å². The van der Waals surface area contributed by atoms with Gasteiger partial charge in [-0.3, -0.25) is 4.79 Å². The number of benzene rings is 1. The van der Waals surface area contributed by atoms with Crippen LogP contribution in [0.2, 0.25) is 0 Å². The van der Waals surface area contributed by atoms with E-state index in [0.29, 0.717) is 24.7 Å². The van der Waals surface area contributed by atoms with Crippen molar-refractivity contribution in [2.75, 3.05) is 39.4 Å². The quantitative estimate of drug-likeness (QED) is 0.729. The van der Waals surface area contributed by atoms with Crippen molar-refractivity contribution in [2.24, 2.45) is 0 Å². The number of amides is 1. The molecule has 1 aromatic rings. The third-order valence-corrected chi connectivity index (χ3v) is 1.95. The van der Waals surface area contributed by atoms with Crippen molar-refractivity contribution in [3.63, 3.8) is 0 Å². The van der Waals surface area contributed by atoms with Crippen LogP contribution in [0.15, 0.2) is 24.3 Å². The van der Waals surface area contributed by atoms with E-state index in [0.717, 1.165) is 0 Å². The Labute approximate surface area is 101 Å². The molecule has 0 radical (unpaired) electrons. The van der Waals surface area contributed by atoms with Crippen LogP contribution >= 0.6 is 0 Å². The van der Waals surface area contributed by atoms with Crippen molar-refractivity contribution in [2.45, 2.75) is 0 Å². The first-order valence-electron chi connectivity index (χ1n) is 5.27. The lowest BCUT2D eigenvalue weighted by Crippen LogP contribution is -2.17. The summed E-state index contributed by atoms with van der Waals surface area (Å²) >= 11 is 0. The maximum absolute atomic E-state index is 11.3. The second-order valence-corrected chi connectivity index (χ2v) is 3.35. The number of nitrogens with one attached hydrogen (secondary N) is 1. The molecule has 0 aliphatic rings. The summed E-state index contributed by atoms with van der Waals surface area (Å²) in [6, 6.07) is 7.17. The highest BCUT2D eigenvalue weighted by atomic mass is 16.5. The smallest absolute Gasteiger partial charge is 0.250 e. The number of anilines is 1. The van der Waals surface area contributed by atoms with Crippen LogP contribution in [0.25, 0.3) is 0 Å². The SMILES string of the molecule is COCCOc1cccc(NC(=O)COC)c1. The molecular weight excluding hydrogens is 222 g/mol. The van der Waals surface area contributed by atoms with Crippen molar-refractivity contribution < 1.29 is 19.0 Å². The summed E-state index contributed by atoms with van der Waals surface area (Å²) < 4.78 is 15.0. The molecule has 0 aromatic heterocycles. The van der Waals surface area contributed by atoms with Gasteiger partial charge >= 0.3 is 0 Å². The predicted octanol–water partition coefficient (Wildman–Crippen LogP) is 1.30. The van der Waals surface area contributed by atoms with Crippen molar-refractivity contribution in [3.05, 3.63) is 24.3 Å². The Morgan fingerprint density at radius 3 is 2.76 bits per heavy atom. The zero-order chi connectivity index (χ0) is 12.5. The number of methoxy groups -OCH3 is 2. The number of hydrogen-bond donors (Lipinski definition) is 1. The zero-order valence-electron chi connectivity index (χ0n) is 10.1. The molecule has 0 heterocycles. The molecule has 1 N–H and O–H groups in total. The third kappa shape index (κ3) is 5.33. The largest absolute Gasteiger partial charge is 0.491 e. The fourth-order valence-electron chi connectivity index (χ4n) is 1.23. The van der Waals surface area contributed by atoms with E-state index in [1.807, 2.05) is 12.1 Å². The molecule has 0 unspecified atom stereocenters. The van der Waals surface area contributed by atoms with E-state index >= 15 is 0 Å². The molecule has 0 aliphatic carbocycles. The topological polar surface area (TPSA) is 56.8 Å². The Kier molecular flexibility index (Phi) is 6.06. The number of carbonyl (C=O) groups is 1. The van der Waals surface area contributed by atoms with E-state index in [1.165, 1.54) is 7.11 Å². The van der Waals surface area contributed by atoms with E-state index in [-0.39, 0.29) is 12.5 Å². The lowest BCUT2D eigenvalue weighted by Gasteiger charge is -2.08. The molecule has 17 heavy (non-hydrogen) atoms. The van der Waals surface area contributed by atoms with E-state index < -0.39 is 0 Å². The van der Waals surface area contributed by atoms with Crippen LogP contribution < -0.4 is 10.1 Å². The average molecular weight is 239 g/mol. The van der Waals surface area contributed by atoms with Crippen molar-refractivity contribution in [1.82, 2.24) is 0 Å². The summed E-state index contributed by atoms with van der Waals surface area (Å²) in [5.74, 6) is 0.499. The van der Waals surface area contributed by atoms with Crippen LogP contribution in [0.5, 0.6) is 5.75 Å². The van der Waals surface area contributed by atoms with Gasteiger partial charge in [-0.05, 0) is 12.1 Å². The highest BCUT2D eigenvalue weighted by molar-refractivity contribution is 5.91. The first-order valence-corrected chi connectivity index (χ1v) is 5.27. The van der Waals surface area contributed by atoms with Gasteiger partial charge in [0.15, 0.2) is 0 Å². The monoisotopic (exact) mass is 239 g/mol. The Bertz CT molecular complexity index is 354. The molecule has 0 saturated heterocycles. The van der Waals surface area contributed by atoms with Crippen LogP contribution in [-0.4, -0.2) is 39.9 Å². The summed E-state index contributed by atoms with van der Waals surface area (Å²) in [7, 11) is 3.09. The van der Waals surface area contributed by atoms with Gasteiger partial charge in [-0.2, -0.15) is 0 Å².